The Morgan fingerprint density at radius 2 is 1.13 bits per heavy atom. The summed E-state index contributed by atoms with van der Waals surface area (Å²) in [6, 6.07) is 23.4. The van der Waals surface area contributed by atoms with Crippen molar-refractivity contribution in [1.29, 1.82) is 0 Å². The third-order valence-corrected chi connectivity index (χ3v) is 12.4. The molecule has 0 fully saturated rings. The first-order chi connectivity index (χ1) is 35.6. The summed E-state index contributed by atoms with van der Waals surface area (Å²) in [7, 11) is 7.67. The summed E-state index contributed by atoms with van der Waals surface area (Å²) < 4.78 is 5.95. The first kappa shape index (κ1) is 58.3. The Morgan fingerprint density at radius 1 is 0.693 bits per heavy atom. The normalized spacial score (nSPS) is 12.1. The number of carbonyl (C=O) groups excluding carboxylic acids is 1. The van der Waals surface area contributed by atoms with Gasteiger partial charge >= 0.3 is 0 Å². The highest BCUT2D eigenvalue weighted by Gasteiger charge is 2.25. The number of nitro groups is 4. The average molecular weight is 1270 g/mol. The Bertz CT molecular complexity index is 3350. The first-order valence-electron chi connectivity index (χ1n) is 21.2. The lowest BCUT2D eigenvalue weighted by Crippen LogP contribution is -2.41. The Morgan fingerprint density at radius 3 is 1.57 bits per heavy atom. The van der Waals surface area contributed by atoms with Gasteiger partial charge in [-0.15, -0.1) is 0 Å². The molecule has 75 heavy (non-hydrogen) atoms. The van der Waals surface area contributed by atoms with Crippen molar-refractivity contribution in [3.63, 3.8) is 0 Å². The van der Waals surface area contributed by atoms with Gasteiger partial charge in [0.25, 0.3) is 22.7 Å². The maximum absolute atomic E-state index is 10.6. The van der Waals surface area contributed by atoms with Crippen LogP contribution in [-0.2, 0) is 18.1 Å². The number of hydrogen-bond acceptors (Lipinski definition) is 20. The molecule has 5 aromatic carbocycles. The minimum absolute atomic E-state index is 0. The number of fused-ring (bicyclic) bond motifs is 6. The van der Waals surface area contributed by atoms with E-state index in [4.69, 9.17) is 34.7 Å². The molecule has 0 bridgehead atoms. The van der Waals surface area contributed by atoms with Crippen molar-refractivity contribution in [2.45, 2.75) is 13.3 Å². The molecule has 396 valence electrons. The number of rotatable bonds is 9. The summed E-state index contributed by atoms with van der Waals surface area (Å²) in [5.74, 6) is 2.60. The van der Waals surface area contributed by atoms with Crippen molar-refractivity contribution >= 4 is 167 Å². The van der Waals surface area contributed by atoms with Gasteiger partial charge in [-0.25, -0.2) is 20.0 Å². The lowest BCUT2D eigenvalue weighted by Gasteiger charge is -2.29. The van der Waals surface area contributed by atoms with E-state index in [2.05, 4.69) is 93.2 Å². The van der Waals surface area contributed by atoms with Crippen LogP contribution in [0.4, 0.5) is 57.4 Å². The highest BCUT2D eigenvalue weighted by atomic mass is 79.9. The summed E-state index contributed by atoms with van der Waals surface area (Å²) in [5.41, 5.74) is 16.5. The van der Waals surface area contributed by atoms with Crippen LogP contribution >= 0.6 is 71.0 Å². The fraction of sp³-hybridized carbons (Fsp3) is 0.186. The molecule has 2 aromatic heterocycles. The summed E-state index contributed by atoms with van der Waals surface area (Å²) in [5, 5.41) is 50.0. The summed E-state index contributed by atoms with van der Waals surface area (Å²) in [6.45, 7) is 2.94. The Labute approximate surface area is 461 Å². The van der Waals surface area contributed by atoms with E-state index in [0.29, 0.717) is 57.2 Å². The second-order valence-electron chi connectivity index (χ2n) is 15.4. The molecule has 0 aliphatic carbocycles. The molecule has 0 unspecified atom stereocenters. The number of amides is 1. The number of non-ortho nitro benzene ring substituents is 4. The number of guanidine groups is 1. The van der Waals surface area contributed by atoms with E-state index in [1.165, 1.54) is 66.2 Å². The molecule has 7 N–H and O–H groups in total. The Kier molecular flexibility index (Phi) is 20.6. The highest BCUT2D eigenvalue weighted by molar-refractivity contribution is 9.11. The number of imidazole rings is 2. The van der Waals surface area contributed by atoms with E-state index in [-0.39, 0.29) is 28.8 Å². The molecule has 3 aliphatic rings. The van der Waals surface area contributed by atoms with Gasteiger partial charge < -0.3 is 42.1 Å². The monoisotopic (exact) mass is 1260 g/mol. The number of nitrogen functional groups attached to an aromatic ring is 1. The van der Waals surface area contributed by atoms with Gasteiger partial charge in [-0.1, -0.05) is 0 Å². The van der Waals surface area contributed by atoms with Crippen LogP contribution in [0, 0.1) is 40.5 Å². The lowest BCUT2D eigenvalue weighted by molar-refractivity contribution is -0.385. The molecule has 0 atom stereocenters. The molecule has 1 amide bonds. The van der Waals surface area contributed by atoms with Crippen LogP contribution in [0.15, 0.2) is 114 Å². The largest absolute Gasteiger partial charge is 0.399 e. The number of nitrogens with two attached hydrogens (primary N) is 2. The predicted molar refractivity (Wildman–Crippen MR) is 302 cm³/mol. The molecule has 0 spiro atoms. The van der Waals surface area contributed by atoms with Crippen molar-refractivity contribution < 1.29 is 25.9 Å². The third kappa shape index (κ3) is 15.2. The number of hydrogen-bond donors (Lipinski definition) is 5. The van der Waals surface area contributed by atoms with Crippen molar-refractivity contribution in [2.75, 3.05) is 67.7 Å². The minimum Gasteiger partial charge on any atom is -0.399 e. The Hall–Kier alpha value is -7.61. The number of halogens is 5. The average Bonchev–Trinajstić information content (AvgIpc) is 3.84. The number of aliphatic imine (C=N–C) groups is 2. The molecule has 32 heteroatoms. The number of benzene rings is 5. The van der Waals surface area contributed by atoms with Crippen molar-refractivity contribution in [1.82, 2.24) is 29.3 Å². The van der Waals surface area contributed by atoms with Crippen LogP contribution in [0.25, 0.3) is 22.1 Å². The molecule has 3 aliphatic heterocycles. The Balaban J connectivity index is 0.000000201. The summed E-state index contributed by atoms with van der Waals surface area (Å²) in [6.07, 6.45) is 0.462. The van der Waals surface area contributed by atoms with Crippen LogP contribution < -0.4 is 37.2 Å². The zero-order valence-corrected chi connectivity index (χ0v) is 45.9. The van der Waals surface area contributed by atoms with Crippen LogP contribution in [0.1, 0.15) is 1.43 Å². The molecule has 10 rings (SSSR count). The minimum atomic E-state index is -0.525. The fourth-order valence-electron chi connectivity index (χ4n) is 6.46. The van der Waals surface area contributed by atoms with Crippen LogP contribution in [0.5, 0.6) is 0 Å². The predicted octanol–water partition coefficient (Wildman–Crippen LogP) is 9.52. The van der Waals surface area contributed by atoms with Gasteiger partial charge in [0.1, 0.15) is 20.0 Å². The zero-order valence-electron chi connectivity index (χ0n) is 39.6. The number of carbonyl (C=O) groups is 1. The van der Waals surface area contributed by atoms with E-state index >= 15 is 0 Å². The van der Waals surface area contributed by atoms with E-state index < -0.39 is 19.7 Å². The maximum atomic E-state index is 10.6. The summed E-state index contributed by atoms with van der Waals surface area (Å²) in [4.78, 5) is 72.8. The van der Waals surface area contributed by atoms with E-state index in [0.717, 1.165) is 46.4 Å². The zero-order chi connectivity index (χ0) is 55.3. The molecule has 7 aromatic rings. The van der Waals surface area contributed by atoms with Gasteiger partial charge in [-0.2, -0.15) is 0 Å². The number of nitro benzene ring substituents is 4. The van der Waals surface area contributed by atoms with Crippen LogP contribution in [-0.4, -0.2) is 102 Å². The molecular weight excluding hydrogens is 1220 g/mol. The van der Waals surface area contributed by atoms with Gasteiger partial charge in [0.15, 0.2) is 4.63 Å². The fourth-order valence-corrected chi connectivity index (χ4v) is 7.69. The maximum Gasteiger partial charge on any atom is 0.271 e. The molecule has 5 heterocycles. The quantitative estimate of drug-likeness (QED) is 0.0224. The second-order valence-corrected chi connectivity index (χ2v) is 18.9. The molecule has 0 saturated carbocycles. The standard InChI is InChI=1S/C9H9BrN4O2.C9H8N4O2.C9H10N4.C7H3BrCl2N2O2.C7H5BrN2O3.C2H8N2.H2/c1-13-5-11-9(13)12-8-4-6(14(15)16)2-3-7(8)10;1-11-5-12-8-3-2-6(13(14)15)4-7(8)10-9(11)12;1-12-5-13-8-3-2-6(10)4-7(8)11-9(12)13;8-5-2-1-4(12(13)14)3-6(5)11-7(9)10;8-6-2-1-5(10(12)13)3-7(6)9-4-11;1-4-2-3;/h2-4H,5H2,1H3,(H,11,12);2-4H,5H2,1H3;2-4H,5,10H2,1H3;1-3H;1-4H,(H,9,11);4H,2-3H2,1H3;1H. The lowest BCUT2D eigenvalue weighted by atomic mass is 10.3. The van der Waals surface area contributed by atoms with Crippen molar-refractivity contribution in [3.8, 4) is 0 Å². The molecule has 27 nitrogen and oxygen atoms in total. The van der Waals surface area contributed by atoms with Gasteiger partial charge in [0, 0.05) is 96.9 Å². The van der Waals surface area contributed by atoms with Crippen molar-refractivity contribution in [3.05, 3.63) is 145 Å². The highest BCUT2D eigenvalue weighted by Crippen LogP contribution is 2.34. The number of aromatic nitrogens is 4. The van der Waals surface area contributed by atoms with E-state index in [1.807, 2.05) is 53.7 Å². The van der Waals surface area contributed by atoms with Crippen LogP contribution in [0.3, 0.4) is 0 Å². The van der Waals surface area contributed by atoms with Crippen molar-refractivity contribution in [2.24, 2.45) is 15.7 Å². The van der Waals surface area contributed by atoms with Gasteiger partial charge in [-0.05, 0) is 121 Å². The van der Waals surface area contributed by atoms with Gasteiger partial charge in [-0.3, -0.25) is 54.4 Å². The van der Waals surface area contributed by atoms with E-state index in [9.17, 15) is 45.3 Å². The van der Waals surface area contributed by atoms with Crippen LogP contribution in [0.2, 0.25) is 0 Å². The first-order valence-corrected chi connectivity index (χ1v) is 24.3. The number of nitrogens with zero attached hydrogens (tertiary/aromatic N) is 13. The SMILES string of the molecule is CN1CN=C1Nc1cc([N+](=O)[O-])ccc1Br.CN1Cn2c1nc1cc(N)ccc12.CN1Cn2c1nc1cc([N+](=O)[O-])ccc12.CNCN.O=CNc1cc([N+](=O)[O-])ccc1Br.O=[N+]([O-])c1ccc(Br)c(N=C(Cl)Cl)c1.[HH]. The summed E-state index contributed by atoms with van der Waals surface area (Å²) >= 11 is 20.3. The van der Waals surface area contributed by atoms with Gasteiger partial charge in [0.2, 0.25) is 24.3 Å². The smallest absolute Gasteiger partial charge is 0.271 e. The van der Waals surface area contributed by atoms with E-state index in [1.54, 1.807) is 19.2 Å². The second kappa shape index (κ2) is 26.6. The topological polar surface area (TPSA) is 348 Å². The third-order valence-electron chi connectivity index (χ3n) is 10.2. The number of nitrogens with one attached hydrogen (secondary N) is 3. The molecule has 0 radical (unpaired) electrons. The molecular formula is C43H45Br3Cl2N18O9. The molecule has 0 saturated heterocycles. The van der Waals surface area contributed by atoms with Gasteiger partial charge in [0.05, 0.1) is 58.8 Å². The number of anilines is 5.